The van der Waals surface area contributed by atoms with Gasteiger partial charge in [-0.25, -0.2) is 9.78 Å². The van der Waals surface area contributed by atoms with Gasteiger partial charge in [-0.3, -0.25) is 0 Å². The first kappa shape index (κ1) is 21.1. The van der Waals surface area contributed by atoms with E-state index in [-0.39, 0.29) is 6.03 Å². The van der Waals surface area contributed by atoms with Gasteiger partial charge in [0.2, 0.25) is 5.13 Å². The number of para-hydroxylation sites is 2. The van der Waals surface area contributed by atoms with Crippen LogP contribution in [0.4, 0.5) is 15.6 Å². The van der Waals surface area contributed by atoms with Crippen LogP contribution in [0.5, 0.6) is 5.75 Å². The summed E-state index contributed by atoms with van der Waals surface area (Å²) >= 11 is 1.47. The second kappa shape index (κ2) is 10.3. The van der Waals surface area contributed by atoms with Gasteiger partial charge in [0.1, 0.15) is 11.6 Å². The number of carbonyl (C=O) groups is 1. The summed E-state index contributed by atoms with van der Waals surface area (Å²) in [4.78, 5) is 19.3. The molecule has 2 aromatic carbocycles. The van der Waals surface area contributed by atoms with Gasteiger partial charge in [0.15, 0.2) is 0 Å². The zero-order chi connectivity index (χ0) is 21.5. The van der Waals surface area contributed by atoms with Gasteiger partial charge in [0.05, 0.1) is 12.8 Å². The minimum atomic E-state index is -0.207. The van der Waals surface area contributed by atoms with Crippen molar-refractivity contribution < 1.29 is 9.53 Å². The molecule has 2 heterocycles. The monoisotopic (exact) mass is 437 g/mol. The average Bonchev–Trinajstić information content (AvgIpc) is 3.27. The van der Waals surface area contributed by atoms with Crippen LogP contribution in [0, 0.1) is 5.92 Å². The van der Waals surface area contributed by atoms with Crippen molar-refractivity contribution in [2.45, 2.75) is 19.3 Å². The number of ether oxygens (including phenoxy) is 1. The van der Waals surface area contributed by atoms with E-state index >= 15 is 0 Å². The zero-order valence-electron chi connectivity index (χ0n) is 17.6. The van der Waals surface area contributed by atoms with Crippen molar-refractivity contribution in [1.82, 2.24) is 14.7 Å². The largest absolute Gasteiger partial charge is 0.495 e. The molecule has 2 N–H and O–H groups in total. The van der Waals surface area contributed by atoms with Crippen LogP contribution in [-0.4, -0.2) is 42.1 Å². The van der Waals surface area contributed by atoms with E-state index in [0.717, 1.165) is 43.3 Å². The molecule has 1 aliphatic rings. The molecule has 0 spiro atoms. The number of amides is 2. The molecule has 162 valence electrons. The summed E-state index contributed by atoms with van der Waals surface area (Å²) in [6, 6.07) is 17.5. The van der Waals surface area contributed by atoms with Crippen molar-refractivity contribution in [3.63, 3.8) is 0 Å². The molecule has 8 heteroatoms. The van der Waals surface area contributed by atoms with Crippen LogP contribution in [0.2, 0.25) is 0 Å². The van der Waals surface area contributed by atoms with Crippen LogP contribution < -0.4 is 20.3 Å². The van der Waals surface area contributed by atoms with Crippen LogP contribution in [-0.2, 0) is 6.42 Å². The fourth-order valence-electron chi connectivity index (χ4n) is 3.70. The Morgan fingerprint density at radius 1 is 1.13 bits per heavy atom. The van der Waals surface area contributed by atoms with Crippen LogP contribution in [0.1, 0.15) is 24.2 Å². The van der Waals surface area contributed by atoms with Gasteiger partial charge >= 0.3 is 6.03 Å². The van der Waals surface area contributed by atoms with E-state index in [0.29, 0.717) is 23.9 Å². The van der Waals surface area contributed by atoms with Crippen molar-refractivity contribution in [2.24, 2.45) is 5.92 Å². The third kappa shape index (κ3) is 5.73. The maximum atomic E-state index is 12.3. The lowest BCUT2D eigenvalue weighted by atomic mass is 9.97. The molecular weight excluding hydrogens is 410 g/mol. The molecule has 1 aliphatic heterocycles. The second-order valence-electron chi connectivity index (χ2n) is 7.62. The molecule has 0 aliphatic carbocycles. The summed E-state index contributed by atoms with van der Waals surface area (Å²) in [7, 11) is 1.59. The van der Waals surface area contributed by atoms with E-state index in [1.807, 2.05) is 42.5 Å². The Morgan fingerprint density at radius 2 is 1.87 bits per heavy atom. The van der Waals surface area contributed by atoms with Crippen molar-refractivity contribution >= 4 is 28.4 Å². The van der Waals surface area contributed by atoms with Crippen LogP contribution in [0.25, 0.3) is 0 Å². The minimum absolute atomic E-state index is 0.207. The van der Waals surface area contributed by atoms with Gasteiger partial charge in [0.25, 0.3) is 0 Å². The van der Waals surface area contributed by atoms with Gasteiger partial charge in [-0.2, -0.15) is 4.37 Å². The van der Waals surface area contributed by atoms with Crippen molar-refractivity contribution in [3.05, 3.63) is 66.0 Å². The Kier molecular flexibility index (Phi) is 6.99. The van der Waals surface area contributed by atoms with E-state index < -0.39 is 0 Å². The highest BCUT2D eigenvalue weighted by Gasteiger charge is 2.22. The molecular formula is C23H27N5O2S. The molecule has 1 fully saturated rings. The van der Waals surface area contributed by atoms with Crippen LogP contribution >= 0.6 is 11.5 Å². The molecule has 1 saturated heterocycles. The van der Waals surface area contributed by atoms with Crippen molar-refractivity contribution in [2.75, 3.05) is 37.0 Å². The zero-order valence-corrected chi connectivity index (χ0v) is 18.4. The second-order valence-corrected chi connectivity index (χ2v) is 8.35. The molecule has 4 rings (SSSR count). The van der Waals surface area contributed by atoms with E-state index in [1.54, 1.807) is 7.11 Å². The number of aromatic nitrogens is 2. The average molecular weight is 438 g/mol. The first-order valence-electron chi connectivity index (χ1n) is 10.5. The first-order valence-corrected chi connectivity index (χ1v) is 11.3. The number of methoxy groups -OCH3 is 1. The molecule has 1 aromatic heterocycles. The molecule has 2 amide bonds. The number of benzene rings is 2. The Morgan fingerprint density at radius 3 is 2.65 bits per heavy atom. The standard InChI is InChI=1S/C23H27N5O2S/c1-30-20-10-6-5-9-19(20)25-22(29)24-16-18-11-13-28(14-12-18)23-26-21(27-31-23)15-17-7-3-2-4-8-17/h2-10,18H,11-16H2,1H3,(H2,24,25,29). The van der Waals surface area contributed by atoms with E-state index in [1.165, 1.54) is 17.1 Å². The smallest absolute Gasteiger partial charge is 0.319 e. The Labute approximate surface area is 186 Å². The molecule has 31 heavy (non-hydrogen) atoms. The summed E-state index contributed by atoms with van der Waals surface area (Å²) in [5.74, 6) is 1.98. The predicted molar refractivity (Wildman–Crippen MR) is 124 cm³/mol. The number of hydrogen-bond acceptors (Lipinski definition) is 6. The first-order chi connectivity index (χ1) is 15.2. The molecule has 0 radical (unpaired) electrons. The molecule has 0 bridgehead atoms. The SMILES string of the molecule is COc1ccccc1NC(=O)NCC1CCN(c2nc(Cc3ccccc3)ns2)CC1. The van der Waals surface area contributed by atoms with Crippen LogP contribution in [0.15, 0.2) is 54.6 Å². The fourth-order valence-corrected chi connectivity index (χ4v) is 4.44. The number of nitrogens with zero attached hydrogens (tertiary/aromatic N) is 3. The molecule has 0 saturated carbocycles. The number of carbonyl (C=O) groups excluding carboxylic acids is 1. The minimum Gasteiger partial charge on any atom is -0.495 e. The lowest BCUT2D eigenvalue weighted by Gasteiger charge is -2.31. The summed E-state index contributed by atoms with van der Waals surface area (Å²) in [5, 5.41) is 6.84. The summed E-state index contributed by atoms with van der Waals surface area (Å²) in [6.45, 7) is 2.52. The van der Waals surface area contributed by atoms with Crippen LogP contribution in [0.3, 0.4) is 0 Å². The fraction of sp³-hybridized carbons (Fsp3) is 0.348. The normalized spacial score (nSPS) is 14.3. The summed E-state index contributed by atoms with van der Waals surface area (Å²) in [6.07, 6.45) is 2.80. The lowest BCUT2D eigenvalue weighted by Crippen LogP contribution is -2.39. The Hall–Kier alpha value is -3.13. The number of nitrogens with one attached hydrogen (secondary N) is 2. The maximum absolute atomic E-state index is 12.3. The number of hydrogen-bond donors (Lipinski definition) is 2. The van der Waals surface area contributed by atoms with Gasteiger partial charge in [-0.15, -0.1) is 0 Å². The highest BCUT2D eigenvalue weighted by atomic mass is 32.1. The highest BCUT2D eigenvalue weighted by Crippen LogP contribution is 2.26. The van der Waals surface area contributed by atoms with E-state index in [2.05, 4.69) is 32.0 Å². The van der Waals surface area contributed by atoms with Crippen molar-refractivity contribution in [1.29, 1.82) is 0 Å². The highest BCUT2D eigenvalue weighted by molar-refractivity contribution is 7.09. The maximum Gasteiger partial charge on any atom is 0.319 e. The van der Waals surface area contributed by atoms with E-state index in [4.69, 9.17) is 9.72 Å². The summed E-state index contributed by atoms with van der Waals surface area (Å²) < 4.78 is 9.80. The molecule has 3 aromatic rings. The number of urea groups is 1. The number of piperidine rings is 1. The predicted octanol–water partition coefficient (Wildman–Crippen LogP) is 4.18. The molecule has 0 unspecified atom stereocenters. The third-order valence-electron chi connectivity index (χ3n) is 5.45. The molecule has 0 atom stereocenters. The Bertz CT molecular complexity index is 986. The van der Waals surface area contributed by atoms with Gasteiger partial charge in [-0.1, -0.05) is 42.5 Å². The van der Waals surface area contributed by atoms with Crippen molar-refractivity contribution in [3.8, 4) is 5.75 Å². The third-order valence-corrected chi connectivity index (χ3v) is 6.27. The van der Waals surface area contributed by atoms with E-state index in [9.17, 15) is 4.79 Å². The van der Waals surface area contributed by atoms with Gasteiger partial charge in [0, 0.05) is 37.6 Å². The number of anilines is 2. The van der Waals surface area contributed by atoms with Gasteiger partial charge in [-0.05, 0) is 36.5 Å². The topological polar surface area (TPSA) is 79.4 Å². The quantitative estimate of drug-likeness (QED) is 0.580. The lowest BCUT2D eigenvalue weighted by molar-refractivity contribution is 0.248. The Balaban J connectivity index is 1.21. The molecule has 7 nitrogen and oxygen atoms in total. The number of rotatable bonds is 7. The van der Waals surface area contributed by atoms with Gasteiger partial charge < -0.3 is 20.3 Å². The summed E-state index contributed by atoms with van der Waals surface area (Å²) in [5.41, 5.74) is 1.89.